The van der Waals surface area contributed by atoms with E-state index in [0.29, 0.717) is 22.1 Å². The predicted octanol–water partition coefficient (Wildman–Crippen LogP) is 6.55. The molecule has 8 nitrogen and oxygen atoms in total. The molecule has 3 amide bonds. The second-order valence-corrected chi connectivity index (χ2v) is 15.4. The Morgan fingerprint density at radius 2 is 1.73 bits per heavy atom. The maximum atomic E-state index is 14.0. The van der Waals surface area contributed by atoms with Crippen LogP contribution < -0.4 is 19.8 Å². The van der Waals surface area contributed by atoms with Crippen LogP contribution in [-0.4, -0.2) is 34.6 Å². The fourth-order valence-electron chi connectivity index (χ4n) is 7.91. The normalized spacial score (nSPS) is 27.7. The number of imide groups is 1. The van der Waals surface area contributed by atoms with Gasteiger partial charge in [0.1, 0.15) is 5.75 Å². The molecule has 12 heteroatoms. The Labute approximate surface area is 279 Å². The highest BCUT2D eigenvalue weighted by molar-refractivity contribution is 9.10. The lowest BCUT2D eigenvalue weighted by Crippen LogP contribution is -2.42. The summed E-state index contributed by atoms with van der Waals surface area (Å²) in [5, 5.41) is 4.30. The van der Waals surface area contributed by atoms with Crippen LogP contribution in [-0.2, 0) is 14.4 Å². The third kappa shape index (κ3) is 4.86. The summed E-state index contributed by atoms with van der Waals surface area (Å²) >= 11 is 12.2. The van der Waals surface area contributed by atoms with Crippen LogP contribution in [0.3, 0.4) is 0 Å². The number of benzene rings is 3. The first kappa shape index (κ1) is 29.1. The van der Waals surface area contributed by atoms with Crippen molar-refractivity contribution in [3.8, 4) is 5.75 Å². The van der Waals surface area contributed by atoms with Gasteiger partial charge in [-0.3, -0.25) is 24.1 Å². The van der Waals surface area contributed by atoms with E-state index in [1.807, 2.05) is 30.3 Å². The molecule has 8 rings (SSSR count). The summed E-state index contributed by atoms with van der Waals surface area (Å²) in [6, 6.07) is 21.8. The Kier molecular flexibility index (Phi) is 7.20. The number of hydrogen-bond donors (Lipinski definition) is 2. The molecule has 1 saturated heterocycles. The first-order valence-corrected chi connectivity index (χ1v) is 17.4. The van der Waals surface area contributed by atoms with Crippen LogP contribution in [0, 0.1) is 29.6 Å². The number of carbonyl (C=O) groups excluding carboxylic acids is 3. The van der Waals surface area contributed by atoms with Crippen molar-refractivity contribution in [1.82, 2.24) is 4.98 Å². The SMILES string of the molecule is O=C(COc1cccc([C@@H]2c3sc(=O)[nH]c3S[C@@H]3[C@@H]4C[C@@H]([C@@H]5C(=O)N(c6ccc(Br)cc6)C(=O)[C@@H]45)[C@H]23)c1)Nc1ccc(Cl)cc1. The summed E-state index contributed by atoms with van der Waals surface area (Å²) in [6.07, 6.45) is 0.806. The first-order valence-electron chi connectivity index (χ1n) is 14.6. The van der Waals surface area contributed by atoms with Crippen molar-refractivity contribution in [3.05, 3.63) is 102 Å². The van der Waals surface area contributed by atoms with Gasteiger partial charge in [-0.2, -0.15) is 0 Å². The van der Waals surface area contributed by atoms with E-state index in [9.17, 15) is 19.2 Å². The number of H-pyrrole nitrogens is 1. The molecule has 2 aliphatic heterocycles. The molecule has 7 atom stereocenters. The molecule has 3 heterocycles. The van der Waals surface area contributed by atoms with Crippen molar-refractivity contribution in [2.24, 2.45) is 29.6 Å². The van der Waals surface area contributed by atoms with E-state index in [1.54, 1.807) is 54.2 Å². The molecular weight excluding hydrogens is 698 g/mol. The molecule has 2 bridgehead atoms. The number of carbonyl (C=O) groups is 3. The van der Waals surface area contributed by atoms with E-state index in [0.717, 1.165) is 26.4 Å². The van der Waals surface area contributed by atoms with Crippen molar-refractivity contribution in [1.29, 1.82) is 0 Å². The highest BCUT2D eigenvalue weighted by Gasteiger charge is 2.69. The third-order valence-corrected chi connectivity index (χ3v) is 12.9. The highest BCUT2D eigenvalue weighted by atomic mass is 79.9. The second kappa shape index (κ2) is 11.2. The second-order valence-electron chi connectivity index (χ2n) is 11.9. The number of amides is 3. The topological polar surface area (TPSA) is 109 Å². The number of rotatable bonds is 6. The quantitative estimate of drug-likeness (QED) is 0.219. The lowest BCUT2D eigenvalue weighted by atomic mass is 9.68. The van der Waals surface area contributed by atoms with Crippen LogP contribution in [0.1, 0.15) is 22.8 Å². The van der Waals surface area contributed by atoms with Gasteiger partial charge in [0.15, 0.2) is 6.61 Å². The summed E-state index contributed by atoms with van der Waals surface area (Å²) in [6.45, 7) is -0.182. The Bertz CT molecular complexity index is 1910. The number of nitrogens with one attached hydrogen (secondary N) is 2. The van der Waals surface area contributed by atoms with Gasteiger partial charge in [0.25, 0.3) is 5.91 Å². The number of aromatic nitrogens is 1. The molecule has 0 radical (unpaired) electrons. The highest BCUT2D eigenvalue weighted by Crippen LogP contribution is 2.68. The average Bonchev–Trinajstić information content (AvgIpc) is 3.77. The van der Waals surface area contributed by atoms with Crippen LogP contribution in [0.25, 0.3) is 0 Å². The molecule has 4 aromatic rings. The van der Waals surface area contributed by atoms with Crippen LogP contribution in [0.4, 0.5) is 11.4 Å². The summed E-state index contributed by atoms with van der Waals surface area (Å²) in [5.74, 6) is -0.820. The number of nitrogens with zero attached hydrogens (tertiary/aromatic N) is 1. The number of fused-ring (bicyclic) bond motifs is 9. The fourth-order valence-corrected chi connectivity index (χ4v) is 11.2. The molecule has 2 saturated carbocycles. The van der Waals surface area contributed by atoms with Crippen LogP contribution in [0.5, 0.6) is 5.75 Å². The molecule has 1 aromatic heterocycles. The largest absolute Gasteiger partial charge is 0.484 e. The molecule has 2 N–H and O–H groups in total. The standard InChI is InChI=1S/C33H25BrClN3O5S2/c34-16-4-10-19(11-5-16)38-31(40)26-21-13-22(27(26)32(38)41)28-25(21)24(29-30(44-28)37-33(42)45-29)15-2-1-3-20(12-15)43-14-23(39)36-18-8-6-17(35)7-9-18/h1-12,21-22,24-28H,13-14H2,(H,36,39)(H,37,42)/t21-,22-,24+,25-,26+,27+,28-/m1/s1. The number of halogens is 2. The van der Waals surface area contributed by atoms with E-state index in [-0.39, 0.29) is 70.0 Å². The minimum atomic E-state index is -0.385. The third-order valence-electron chi connectivity index (χ3n) is 9.52. The van der Waals surface area contributed by atoms with E-state index < -0.39 is 0 Å². The lowest BCUT2D eigenvalue weighted by Gasteiger charge is -2.43. The molecular formula is C33H25BrClN3O5S2. The lowest BCUT2D eigenvalue weighted by molar-refractivity contribution is -0.123. The van der Waals surface area contributed by atoms with Crippen LogP contribution >= 0.6 is 50.6 Å². The van der Waals surface area contributed by atoms with Gasteiger partial charge < -0.3 is 15.0 Å². The zero-order valence-electron chi connectivity index (χ0n) is 23.4. The molecule has 2 aliphatic carbocycles. The molecule has 3 aromatic carbocycles. The monoisotopic (exact) mass is 721 g/mol. The minimum Gasteiger partial charge on any atom is -0.484 e. The molecule has 3 fully saturated rings. The zero-order chi connectivity index (χ0) is 31.0. The first-order chi connectivity index (χ1) is 21.8. The van der Waals surface area contributed by atoms with Crippen molar-refractivity contribution >= 4 is 79.7 Å². The maximum absolute atomic E-state index is 14.0. The average molecular weight is 723 g/mol. The van der Waals surface area contributed by atoms with E-state index >= 15 is 0 Å². The number of aromatic amines is 1. The summed E-state index contributed by atoms with van der Waals surface area (Å²) in [5.41, 5.74) is 2.18. The van der Waals surface area contributed by atoms with Crippen molar-refractivity contribution < 1.29 is 19.1 Å². The summed E-state index contributed by atoms with van der Waals surface area (Å²) < 4.78 is 6.79. The van der Waals surface area contributed by atoms with Gasteiger partial charge in [-0.25, -0.2) is 0 Å². The Balaban J connectivity index is 1.08. The number of hydrogen-bond acceptors (Lipinski definition) is 7. The molecule has 45 heavy (non-hydrogen) atoms. The van der Waals surface area contributed by atoms with Crippen molar-refractivity contribution in [3.63, 3.8) is 0 Å². The van der Waals surface area contributed by atoms with Crippen LogP contribution in [0.15, 0.2) is 87.1 Å². The Morgan fingerprint density at radius 1 is 1.00 bits per heavy atom. The van der Waals surface area contributed by atoms with Gasteiger partial charge in [-0.1, -0.05) is 51.0 Å². The number of thioether (sulfide) groups is 1. The van der Waals surface area contributed by atoms with Crippen LogP contribution in [0.2, 0.25) is 5.02 Å². The maximum Gasteiger partial charge on any atom is 0.305 e. The molecule has 228 valence electrons. The van der Waals surface area contributed by atoms with E-state index in [2.05, 4.69) is 26.2 Å². The van der Waals surface area contributed by atoms with Gasteiger partial charge in [0, 0.05) is 31.2 Å². The number of thiazole rings is 1. The van der Waals surface area contributed by atoms with E-state index in [1.165, 1.54) is 16.2 Å². The number of ether oxygens (including phenoxy) is 1. The smallest absolute Gasteiger partial charge is 0.305 e. The molecule has 0 spiro atoms. The minimum absolute atomic E-state index is 0.000483. The van der Waals surface area contributed by atoms with Gasteiger partial charge >= 0.3 is 4.87 Å². The Hall–Kier alpha value is -3.38. The van der Waals surface area contributed by atoms with Crippen molar-refractivity contribution in [2.75, 3.05) is 16.8 Å². The van der Waals surface area contributed by atoms with Gasteiger partial charge in [-0.05, 0) is 90.4 Å². The predicted molar refractivity (Wildman–Crippen MR) is 177 cm³/mol. The summed E-state index contributed by atoms with van der Waals surface area (Å²) in [7, 11) is 0. The molecule has 4 aliphatic rings. The van der Waals surface area contributed by atoms with E-state index in [4.69, 9.17) is 16.3 Å². The zero-order valence-corrected chi connectivity index (χ0v) is 27.4. The van der Waals surface area contributed by atoms with Gasteiger partial charge in [0.2, 0.25) is 11.8 Å². The summed E-state index contributed by atoms with van der Waals surface area (Å²) in [4.78, 5) is 58.3. The Morgan fingerprint density at radius 3 is 2.49 bits per heavy atom. The fraction of sp³-hybridized carbons (Fsp3) is 0.273. The number of anilines is 2. The molecule has 0 unspecified atom stereocenters. The van der Waals surface area contributed by atoms with Crippen molar-refractivity contribution in [2.45, 2.75) is 22.6 Å². The van der Waals surface area contributed by atoms with Gasteiger partial charge in [-0.15, -0.1) is 11.8 Å². The van der Waals surface area contributed by atoms with Gasteiger partial charge in [0.05, 0.1) is 22.5 Å².